The van der Waals surface area contributed by atoms with Gasteiger partial charge in [-0.1, -0.05) is 28.1 Å². The fourth-order valence-electron chi connectivity index (χ4n) is 2.73. The third-order valence-electron chi connectivity index (χ3n) is 3.78. The van der Waals surface area contributed by atoms with E-state index in [1.807, 2.05) is 12.1 Å². The molecular weight excluding hydrogens is 336 g/mol. The average molecular weight is 355 g/mol. The van der Waals surface area contributed by atoms with Gasteiger partial charge in [-0.3, -0.25) is 4.79 Å². The zero-order valence-electron chi connectivity index (χ0n) is 12.1. The quantitative estimate of drug-likeness (QED) is 0.582. The van der Waals surface area contributed by atoms with Gasteiger partial charge in [-0.05, 0) is 42.4 Å². The molecule has 4 nitrogen and oxygen atoms in total. The molecule has 0 radical (unpaired) electrons. The van der Waals surface area contributed by atoms with Crippen LogP contribution in [0.2, 0.25) is 0 Å². The highest BCUT2D eigenvalue weighted by atomic mass is 79.9. The number of Topliss-reactive ketones (excluding diaryl/α,β-unsaturated/α-hetero) is 1. The van der Waals surface area contributed by atoms with Gasteiger partial charge in [0.05, 0.1) is 12.4 Å². The van der Waals surface area contributed by atoms with Crippen molar-refractivity contribution in [2.75, 3.05) is 19.0 Å². The molecule has 0 spiro atoms. The summed E-state index contributed by atoms with van der Waals surface area (Å²) >= 11 is 3.21. The summed E-state index contributed by atoms with van der Waals surface area (Å²) in [6.07, 6.45) is 3.37. The lowest BCUT2D eigenvalue weighted by Crippen LogP contribution is -2.20. The second-order valence-electron chi connectivity index (χ2n) is 5.24. The van der Waals surface area contributed by atoms with E-state index in [1.54, 1.807) is 0 Å². The Morgan fingerprint density at radius 3 is 2.90 bits per heavy atom. The third-order valence-corrected chi connectivity index (χ3v) is 4.41. The number of hydrogen-bond acceptors (Lipinski definition) is 4. The second-order valence-corrected chi connectivity index (χ2v) is 5.80. The minimum Gasteiger partial charge on any atom is -0.482 e. The molecule has 1 aliphatic carbocycles. The Kier molecular flexibility index (Phi) is 5.79. The van der Waals surface area contributed by atoms with Gasteiger partial charge in [-0.2, -0.15) is 0 Å². The van der Waals surface area contributed by atoms with Gasteiger partial charge in [0.25, 0.3) is 0 Å². The van der Waals surface area contributed by atoms with E-state index >= 15 is 0 Å². The Hall–Kier alpha value is -1.36. The standard InChI is InChI=1S/C16H19BrO4/c1-20-16(19)10-21-15-4-2-3-12-7-11(5-6-14(12)15)8-13(18)9-17/h2-4,11H,5-10H2,1H3. The number of methoxy groups -OCH3 is 1. The summed E-state index contributed by atoms with van der Waals surface area (Å²) in [5, 5.41) is 0.429. The molecule has 5 heteroatoms. The van der Waals surface area contributed by atoms with Crippen molar-refractivity contribution in [3.8, 4) is 5.75 Å². The Bertz CT molecular complexity index is 527. The molecule has 114 valence electrons. The highest BCUT2D eigenvalue weighted by Crippen LogP contribution is 2.33. The smallest absolute Gasteiger partial charge is 0.343 e. The highest BCUT2D eigenvalue weighted by Gasteiger charge is 2.23. The summed E-state index contributed by atoms with van der Waals surface area (Å²) in [4.78, 5) is 22.7. The maximum atomic E-state index is 11.5. The van der Waals surface area contributed by atoms with Crippen LogP contribution in [0.5, 0.6) is 5.75 Å². The van der Waals surface area contributed by atoms with Crippen LogP contribution in [0.15, 0.2) is 18.2 Å². The van der Waals surface area contributed by atoms with Crippen molar-refractivity contribution in [3.63, 3.8) is 0 Å². The van der Waals surface area contributed by atoms with Gasteiger partial charge in [0.1, 0.15) is 11.5 Å². The lowest BCUT2D eigenvalue weighted by atomic mass is 9.81. The topological polar surface area (TPSA) is 52.6 Å². The van der Waals surface area contributed by atoms with Crippen molar-refractivity contribution in [3.05, 3.63) is 29.3 Å². The number of halogens is 1. The Morgan fingerprint density at radius 2 is 2.19 bits per heavy atom. The van der Waals surface area contributed by atoms with Gasteiger partial charge < -0.3 is 9.47 Å². The molecule has 1 atom stereocenters. The van der Waals surface area contributed by atoms with Crippen molar-refractivity contribution in [2.45, 2.75) is 25.7 Å². The molecule has 0 amide bonds. The maximum absolute atomic E-state index is 11.5. The van der Waals surface area contributed by atoms with Crippen LogP contribution in [-0.4, -0.2) is 30.8 Å². The molecule has 0 fully saturated rings. The number of esters is 1. The second kappa shape index (κ2) is 7.59. The third kappa shape index (κ3) is 4.30. The monoisotopic (exact) mass is 354 g/mol. The van der Waals surface area contributed by atoms with Crippen molar-refractivity contribution in [1.82, 2.24) is 0 Å². The molecule has 1 aromatic carbocycles. The van der Waals surface area contributed by atoms with E-state index in [4.69, 9.17) is 4.74 Å². The molecule has 0 heterocycles. The number of rotatable bonds is 6. The number of fused-ring (bicyclic) bond motifs is 1. The minimum absolute atomic E-state index is 0.0710. The molecular formula is C16H19BrO4. The maximum Gasteiger partial charge on any atom is 0.343 e. The molecule has 1 unspecified atom stereocenters. The summed E-state index contributed by atoms with van der Waals surface area (Å²) in [7, 11) is 1.34. The zero-order chi connectivity index (χ0) is 15.2. The van der Waals surface area contributed by atoms with Crippen LogP contribution >= 0.6 is 15.9 Å². The molecule has 21 heavy (non-hydrogen) atoms. The van der Waals surface area contributed by atoms with Crippen LogP contribution in [0.4, 0.5) is 0 Å². The number of ketones is 1. The first kappa shape index (κ1) is 16.0. The normalized spacial score (nSPS) is 17.0. The van der Waals surface area contributed by atoms with Crippen LogP contribution in [0.1, 0.15) is 24.0 Å². The van der Waals surface area contributed by atoms with Crippen LogP contribution < -0.4 is 4.74 Å². The summed E-state index contributed by atoms with van der Waals surface area (Å²) in [5.41, 5.74) is 2.37. The van der Waals surface area contributed by atoms with Crippen molar-refractivity contribution >= 4 is 27.7 Å². The molecule has 1 aliphatic rings. The van der Waals surface area contributed by atoms with Gasteiger partial charge in [0.2, 0.25) is 0 Å². The Balaban J connectivity index is 2.05. The van der Waals surface area contributed by atoms with E-state index in [0.29, 0.717) is 17.7 Å². The van der Waals surface area contributed by atoms with Gasteiger partial charge >= 0.3 is 5.97 Å². The summed E-state index contributed by atoms with van der Waals surface area (Å²) in [6.45, 7) is -0.0710. The minimum atomic E-state index is -0.385. The van der Waals surface area contributed by atoms with Crippen molar-refractivity contribution in [2.24, 2.45) is 5.92 Å². The first-order valence-electron chi connectivity index (χ1n) is 7.02. The molecule has 0 saturated heterocycles. The Morgan fingerprint density at radius 1 is 1.38 bits per heavy atom. The first-order valence-corrected chi connectivity index (χ1v) is 8.14. The summed E-state index contributed by atoms with van der Waals surface area (Å²) < 4.78 is 10.1. The van der Waals surface area contributed by atoms with E-state index in [9.17, 15) is 9.59 Å². The number of ether oxygens (including phenoxy) is 2. The van der Waals surface area contributed by atoms with Gasteiger partial charge in [-0.25, -0.2) is 4.79 Å². The average Bonchev–Trinajstić information content (AvgIpc) is 2.51. The summed E-state index contributed by atoms with van der Waals surface area (Å²) in [6, 6.07) is 5.89. The van der Waals surface area contributed by atoms with Gasteiger partial charge in [0, 0.05) is 6.42 Å². The van der Waals surface area contributed by atoms with Crippen LogP contribution in [0, 0.1) is 5.92 Å². The number of hydrogen-bond donors (Lipinski definition) is 0. The molecule has 0 N–H and O–H groups in total. The van der Waals surface area contributed by atoms with E-state index in [0.717, 1.165) is 30.6 Å². The van der Waals surface area contributed by atoms with Crippen molar-refractivity contribution in [1.29, 1.82) is 0 Å². The lowest BCUT2D eigenvalue weighted by molar-refractivity contribution is -0.142. The molecule has 0 saturated carbocycles. The van der Waals surface area contributed by atoms with Crippen LogP contribution in [0.3, 0.4) is 0 Å². The molecule has 0 bridgehead atoms. The van der Waals surface area contributed by atoms with Gasteiger partial charge in [0.15, 0.2) is 6.61 Å². The summed E-state index contributed by atoms with van der Waals surface area (Å²) in [5.74, 6) is 1.02. The molecule has 1 aromatic rings. The van der Waals surface area contributed by atoms with Gasteiger partial charge in [-0.15, -0.1) is 0 Å². The van der Waals surface area contributed by atoms with Crippen LogP contribution in [-0.2, 0) is 27.2 Å². The Labute approximate surface area is 132 Å². The van der Waals surface area contributed by atoms with E-state index in [1.165, 1.54) is 12.7 Å². The predicted molar refractivity (Wildman–Crippen MR) is 82.9 cm³/mol. The van der Waals surface area contributed by atoms with Crippen molar-refractivity contribution < 1.29 is 19.1 Å². The predicted octanol–water partition coefficient (Wildman–Crippen LogP) is 2.70. The molecule has 2 rings (SSSR count). The number of carbonyl (C=O) groups is 2. The largest absolute Gasteiger partial charge is 0.482 e. The number of alkyl halides is 1. The van der Waals surface area contributed by atoms with E-state index < -0.39 is 0 Å². The molecule has 0 aromatic heterocycles. The first-order chi connectivity index (χ1) is 10.1. The van der Waals surface area contributed by atoms with E-state index in [-0.39, 0.29) is 18.4 Å². The molecule has 0 aliphatic heterocycles. The highest BCUT2D eigenvalue weighted by molar-refractivity contribution is 9.09. The fourth-order valence-corrected chi connectivity index (χ4v) is 2.96. The SMILES string of the molecule is COC(=O)COc1cccc2c1CCC(CC(=O)CBr)C2. The van der Waals surface area contributed by atoms with E-state index in [2.05, 4.69) is 26.7 Å². The zero-order valence-corrected chi connectivity index (χ0v) is 13.6. The fraction of sp³-hybridized carbons (Fsp3) is 0.500. The van der Waals surface area contributed by atoms with Crippen LogP contribution in [0.25, 0.3) is 0 Å². The lowest BCUT2D eigenvalue weighted by Gasteiger charge is -2.25. The number of carbonyl (C=O) groups excluding carboxylic acids is 2. The number of benzene rings is 1.